The highest BCUT2D eigenvalue weighted by molar-refractivity contribution is 7.16. The number of hydrogen-bond donors (Lipinski definition) is 0. The first-order chi connectivity index (χ1) is 11.7. The molecule has 0 bridgehead atoms. The molecule has 24 heavy (non-hydrogen) atoms. The lowest BCUT2D eigenvalue weighted by Gasteiger charge is -2.05. The van der Waals surface area contributed by atoms with Crippen LogP contribution in [-0.4, -0.2) is 19.9 Å². The quantitative estimate of drug-likeness (QED) is 0.495. The summed E-state index contributed by atoms with van der Waals surface area (Å²) < 4.78 is 4.20. The van der Waals surface area contributed by atoms with Crippen molar-refractivity contribution >= 4 is 38.4 Å². The van der Waals surface area contributed by atoms with Crippen LogP contribution in [0, 0.1) is 0 Å². The fraction of sp³-hybridized carbons (Fsp3) is 0.263. The summed E-state index contributed by atoms with van der Waals surface area (Å²) >= 11 is 1.68. The molecule has 0 N–H and O–H groups in total. The number of fused-ring (bicyclic) bond motifs is 2. The topological polar surface area (TPSA) is 39.8 Å². The lowest BCUT2D eigenvalue weighted by molar-refractivity contribution is 0.103. The van der Waals surface area contributed by atoms with Crippen LogP contribution in [0.15, 0.2) is 42.0 Å². The van der Waals surface area contributed by atoms with Crippen molar-refractivity contribution in [2.24, 2.45) is 0 Å². The molecule has 4 heterocycles. The summed E-state index contributed by atoms with van der Waals surface area (Å²) in [6.45, 7) is 5.87. The van der Waals surface area contributed by atoms with Gasteiger partial charge in [-0.05, 0) is 43.0 Å². The minimum atomic E-state index is 0.0769. The Morgan fingerprint density at radius 1 is 1.29 bits per heavy atom. The zero-order chi connectivity index (χ0) is 16.7. The Bertz CT molecular complexity index is 1040. The number of thiophene rings is 1. The van der Waals surface area contributed by atoms with Gasteiger partial charge in [0.2, 0.25) is 5.78 Å². The van der Waals surface area contributed by atoms with Crippen LogP contribution in [0.25, 0.3) is 21.3 Å². The Hall–Kier alpha value is -2.40. The maximum atomic E-state index is 13.3. The third-order valence-corrected chi connectivity index (χ3v) is 5.35. The van der Waals surface area contributed by atoms with Crippen molar-refractivity contribution in [3.05, 3.63) is 53.3 Å². The molecule has 0 aliphatic carbocycles. The van der Waals surface area contributed by atoms with Gasteiger partial charge in [-0.25, -0.2) is 4.98 Å². The molecule has 0 aliphatic heterocycles. The Balaban J connectivity index is 1.90. The van der Waals surface area contributed by atoms with Crippen LogP contribution < -0.4 is 0 Å². The highest BCUT2D eigenvalue weighted by atomic mass is 32.1. The Labute approximate surface area is 144 Å². The van der Waals surface area contributed by atoms with E-state index in [9.17, 15) is 4.79 Å². The van der Waals surface area contributed by atoms with Crippen LogP contribution in [0.3, 0.4) is 0 Å². The number of carbonyl (C=O) groups is 1. The number of rotatable bonds is 5. The molecule has 5 heteroatoms. The molecule has 0 radical (unpaired) electrons. The monoisotopic (exact) mass is 337 g/mol. The average molecular weight is 337 g/mol. The average Bonchev–Trinajstić information content (AvgIpc) is 3.27. The summed E-state index contributed by atoms with van der Waals surface area (Å²) in [6.07, 6.45) is 4.76. The van der Waals surface area contributed by atoms with Crippen molar-refractivity contribution in [3.8, 4) is 0 Å². The molecule has 0 atom stereocenters. The summed E-state index contributed by atoms with van der Waals surface area (Å²) in [5, 5.41) is 4.14. The van der Waals surface area contributed by atoms with Crippen molar-refractivity contribution in [1.82, 2.24) is 14.1 Å². The second kappa shape index (κ2) is 5.91. The molecule has 0 aliphatic rings. The first-order valence-electron chi connectivity index (χ1n) is 8.29. The van der Waals surface area contributed by atoms with Gasteiger partial charge >= 0.3 is 0 Å². The van der Waals surface area contributed by atoms with E-state index >= 15 is 0 Å². The van der Waals surface area contributed by atoms with E-state index in [0.29, 0.717) is 0 Å². The van der Waals surface area contributed by atoms with Crippen molar-refractivity contribution in [2.45, 2.75) is 33.4 Å². The second-order valence-corrected chi connectivity index (χ2v) is 6.79. The van der Waals surface area contributed by atoms with Crippen LogP contribution in [0.4, 0.5) is 0 Å². The summed E-state index contributed by atoms with van der Waals surface area (Å²) in [6, 6.07) is 7.97. The Morgan fingerprint density at radius 2 is 2.17 bits per heavy atom. The summed E-state index contributed by atoms with van der Waals surface area (Å²) in [5.74, 6) is 0.0769. The summed E-state index contributed by atoms with van der Waals surface area (Å²) in [7, 11) is 0. The fourth-order valence-corrected chi connectivity index (χ4v) is 4.29. The molecular formula is C19H19N3OS. The van der Waals surface area contributed by atoms with E-state index in [1.165, 1.54) is 0 Å². The lowest BCUT2D eigenvalue weighted by Crippen LogP contribution is -2.08. The maximum absolute atomic E-state index is 13.3. The predicted molar refractivity (Wildman–Crippen MR) is 98.9 cm³/mol. The minimum Gasteiger partial charge on any atom is -0.332 e. The van der Waals surface area contributed by atoms with E-state index in [-0.39, 0.29) is 5.78 Å². The molecule has 0 amide bonds. The van der Waals surface area contributed by atoms with Crippen LogP contribution in [0.5, 0.6) is 0 Å². The molecule has 0 saturated carbocycles. The Morgan fingerprint density at radius 3 is 2.96 bits per heavy atom. The molecule has 0 fully saturated rings. The largest absolute Gasteiger partial charge is 0.332 e. The van der Waals surface area contributed by atoms with Crippen LogP contribution in [-0.2, 0) is 13.1 Å². The number of ketones is 1. The first-order valence-corrected chi connectivity index (χ1v) is 9.17. The summed E-state index contributed by atoms with van der Waals surface area (Å²) in [5.41, 5.74) is 2.39. The van der Waals surface area contributed by atoms with Crippen LogP contribution >= 0.6 is 11.3 Å². The molecule has 0 aromatic carbocycles. The van der Waals surface area contributed by atoms with Crippen LogP contribution in [0.2, 0.25) is 0 Å². The van der Waals surface area contributed by atoms with Gasteiger partial charge in [0.25, 0.3) is 0 Å². The smallest absolute Gasteiger partial charge is 0.211 e. The van der Waals surface area contributed by atoms with Crippen LogP contribution in [0.1, 0.15) is 36.3 Å². The molecule has 0 unspecified atom stereocenters. The van der Waals surface area contributed by atoms with Gasteiger partial charge in [0.05, 0.1) is 11.3 Å². The standard InChI is InChI=1S/C19H19N3OS/c1-3-9-21-12-15(14-6-5-8-20-18(14)21)17(23)16-11-13-7-10-24-19(13)22(16)4-2/h5-8,10-12H,3-4,9H2,1-2H3. The van der Waals surface area contributed by atoms with Gasteiger partial charge in [0.15, 0.2) is 0 Å². The molecule has 0 spiro atoms. The SMILES string of the molecule is CCCn1cc(C(=O)c2cc3ccsc3n2CC)c2cccnc21. The number of pyridine rings is 1. The molecule has 4 nitrogen and oxygen atoms in total. The van der Waals surface area contributed by atoms with Crippen molar-refractivity contribution in [1.29, 1.82) is 0 Å². The van der Waals surface area contributed by atoms with Gasteiger partial charge in [-0.3, -0.25) is 4.79 Å². The van der Waals surface area contributed by atoms with Gasteiger partial charge in [0, 0.05) is 36.3 Å². The van der Waals surface area contributed by atoms with Gasteiger partial charge in [-0.1, -0.05) is 6.92 Å². The van der Waals surface area contributed by atoms with E-state index in [2.05, 4.69) is 39.4 Å². The molecular weight excluding hydrogens is 318 g/mol. The zero-order valence-electron chi connectivity index (χ0n) is 13.8. The summed E-state index contributed by atoms with van der Waals surface area (Å²) in [4.78, 5) is 18.9. The first kappa shape index (κ1) is 15.1. The molecule has 122 valence electrons. The van der Waals surface area contributed by atoms with Crippen molar-refractivity contribution in [3.63, 3.8) is 0 Å². The second-order valence-electron chi connectivity index (χ2n) is 5.89. The van der Waals surface area contributed by atoms with Gasteiger partial charge < -0.3 is 9.13 Å². The number of aryl methyl sites for hydroxylation is 2. The molecule has 0 saturated heterocycles. The van der Waals surface area contributed by atoms with E-state index < -0.39 is 0 Å². The third-order valence-electron chi connectivity index (χ3n) is 4.39. The van der Waals surface area contributed by atoms with E-state index in [0.717, 1.165) is 52.0 Å². The number of carbonyl (C=O) groups excluding carboxylic acids is 1. The van der Waals surface area contributed by atoms with Gasteiger partial charge in [-0.15, -0.1) is 11.3 Å². The van der Waals surface area contributed by atoms with E-state index in [1.807, 2.05) is 24.4 Å². The maximum Gasteiger partial charge on any atom is 0.211 e. The minimum absolute atomic E-state index is 0.0769. The fourth-order valence-electron chi connectivity index (χ4n) is 3.33. The number of aromatic nitrogens is 3. The van der Waals surface area contributed by atoms with Crippen molar-refractivity contribution < 1.29 is 4.79 Å². The third kappa shape index (κ3) is 2.19. The zero-order valence-corrected chi connectivity index (χ0v) is 14.6. The normalized spacial score (nSPS) is 11.6. The molecule has 4 aromatic rings. The highest BCUT2D eigenvalue weighted by Crippen LogP contribution is 2.29. The molecule has 4 aromatic heterocycles. The van der Waals surface area contributed by atoms with E-state index in [1.54, 1.807) is 17.5 Å². The Kier molecular flexibility index (Phi) is 3.73. The number of nitrogens with zero attached hydrogens (tertiary/aromatic N) is 3. The van der Waals surface area contributed by atoms with E-state index in [4.69, 9.17) is 0 Å². The highest BCUT2D eigenvalue weighted by Gasteiger charge is 2.21. The van der Waals surface area contributed by atoms with Crippen molar-refractivity contribution in [2.75, 3.05) is 0 Å². The lowest BCUT2D eigenvalue weighted by atomic mass is 10.1. The van der Waals surface area contributed by atoms with Gasteiger partial charge in [0.1, 0.15) is 10.5 Å². The molecule has 4 rings (SSSR count). The van der Waals surface area contributed by atoms with Gasteiger partial charge in [-0.2, -0.15) is 0 Å². The number of hydrogen-bond acceptors (Lipinski definition) is 3. The predicted octanol–water partition coefficient (Wildman–Crippen LogP) is 4.71.